The van der Waals surface area contributed by atoms with Crippen molar-refractivity contribution < 1.29 is 19.4 Å². The number of aliphatic carboxylic acids is 1. The standard InChI is InChI=1S/C26H22N4O3.C2H4O2/c27-9-4-10-30-14-19(18-12-23-24(13-22(18)30)33-15-32-23)25-26(31)29-21-11-17(7-8-20(21)28-25)16-5-2-1-3-6-16;1-2(3)4/h1-3,5-8,11-14H,4,9-10,15,27H2,(H,29,31);1H3,(H,3,4). The van der Waals surface area contributed by atoms with Crippen molar-refractivity contribution in [1.82, 2.24) is 14.5 Å². The van der Waals surface area contributed by atoms with E-state index in [1.807, 2.05) is 66.9 Å². The summed E-state index contributed by atoms with van der Waals surface area (Å²) in [5, 5.41) is 8.31. The van der Waals surface area contributed by atoms with E-state index >= 15 is 0 Å². The molecule has 9 heteroatoms. The molecule has 9 nitrogen and oxygen atoms in total. The zero-order chi connectivity index (χ0) is 25.9. The van der Waals surface area contributed by atoms with E-state index in [1.165, 1.54) is 0 Å². The Bertz CT molecular complexity index is 1650. The molecule has 0 atom stereocenters. The topological polar surface area (TPSA) is 132 Å². The minimum atomic E-state index is -0.833. The number of benzene rings is 3. The van der Waals surface area contributed by atoms with Gasteiger partial charge in [-0.2, -0.15) is 0 Å². The van der Waals surface area contributed by atoms with E-state index in [2.05, 4.69) is 9.55 Å². The molecule has 37 heavy (non-hydrogen) atoms. The smallest absolute Gasteiger partial charge is 0.300 e. The number of nitrogens with one attached hydrogen (secondary N) is 1. The average molecular weight is 499 g/mol. The predicted molar refractivity (Wildman–Crippen MR) is 142 cm³/mol. The van der Waals surface area contributed by atoms with Crippen LogP contribution in [0.2, 0.25) is 0 Å². The van der Waals surface area contributed by atoms with Crippen molar-refractivity contribution in [2.75, 3.05) is 13.3 Å². The van der Waals surface area contributed by atoms with E-state index in [-0.39, 0.29) is 12.4 Å². The number of aryl methyl sites for hydroxylation is 1. The number of ether oxygens (including phenoxy) is 2. The maximum atomic E-state index is 13.2. The van der Waals surface area contributed by atoms with Crippen LogP contribution in [0.4, 0.5) is 0 Å². The molecule has 1 aliphatic heterocycles. The second-order valence-electron chi connectivity index (χ2n) is 8.63. The van der Waals surface area contributed by atoms with Crippen molar-refractivity contribution in [3.8, 4) is 33.9 Å². The van der Waals surface area contributed by atoms with Gasteiger partial charge in [0, 0.05) is 36.7 Å². The van der Waals surface area contributed by atoms with Gasteiger partial charge in [0.2, 0.25) is 6.79 Å². The number of carboxylic acids is 1. The molecule has 0 amide bonds. The van der Waals surface area contributed by atoms with E-state index in [9.17, 15) is 4.79 Å². The van der Waals surface area contributed by atoms with Crippen molar-refractivity contribution in [1.29, 1.82) is 0 Å². The monoisotopic (exact) mass is 498 g/mol. The molecule has 0 saturated heterocycles. The third kappa shape index (κ3) is 4.89. The quantitative estimate of drug-likeness (QED) is 0.328. The molecule has 0 saturated carbocycles. The van der Waals surface area contributed by atoms with Gasteiger partial charge in [-0.25, -0.2) is 4.98 Å². The van der Waals surface area contributed by atoms with Crippen LogP contribution in [0.15, 0.2) is 71.7 Å². The maximum absolute atomic E-state index is 13.2. The van der Waals surface area contributed by atoms with Crippen molar-refractivity contribution in [2.24, 2.45) is 5.73 Å². The number of rotatable bonds is 5. The zero-order valence-corrected chi connectivity index (χ0v) is 20.2. The molecule has 5 aromatic rings. The summed E-state index contributed by atoms with van der Waals surface area (Å²) in [6.45, 7) is 2.59. The third-order valence-electron chi connectivity index (χ3n) is 6.03. The lowest BCUT2D eigenvalue weighted by molar-refractivity contribution is -0.134. The van der Waals surface area contributed by atoms with Crippen LogP contribution in [0.1, 0.15) is 13.3 Å². The minimum absolute atomic E-state index is 0.193. The summed E-state index contributed by atoms with van der Waals surface area (Å²) < 4.78 is 13.3. The first-order valence-corrected chi connectivity index (χ1v) is 11.9. The summed E-state index contributed by atoms with van der Waals surface area (Å²) in [5.41, 5.74) is 11.2. The number of hydrogen-bond acceptors (Lipinski definition) is 6. The third-order valence-corrected chi connectivity index (χ3v) is 6.03. The Hall–Kier alpha value is -4.63. The summed E-state index contributed by atoms with van der Waals surface area (Å²) in [4.78, 5) is 30.0. The van der Waals surface area contributed by atoms with E-state index in [1.54, 1.807) is 0 Å². The highest BCUT2D eigenvalue weighted by Gasteiger charge is 2.21. The van der Waals surface area contributed by atoms with Crippen molar-refractivity contribution in [2.45, 2.75) is 19.9 Å². The number of carboxylic acid groups (broad SMARTS) is 1. The predicted octanol–water partition coefficient (Wildman–Crippen LogP) is 4.38. The first-order valence-electron chi connectivity index (χ1n) is 11.9. The summed E-state index contributed by atoms with van der Waals surface area (Å²) in [6.07, 6.45) is 2.79. The Morgan fingerprint density at radius 2 is 1.81 bits per heavy atom. The molecule has 0 bridgehead atoms. The van der Waals surface area contributed by atoms with Crippen LogP contribution in [-0.2, 0) is 11.3 Å². The molecule has 0 radical (unpaired) electrons. The molecule has 0 unspecified atom stereocenters. The Kier molecular flexibility index (Phi) is 6.61. The molecule has 3 aromatic carbocycles. The normalized spacial score (nSPS) is 11.9. The Balaban J connectivity index is 0.000000655. The van der Waals surface area contributed by atoms with Crippen LogP contribution in [0.5, 0.6) is 11.5 Å². The lowest BCUT2D eigenvalue weighted by Gasteiger charge is -2.06. The van der Waals surface area contributed by atoms with Crippen LogP contribution < -0.4 is 20.8 Å². The molecule has 0 aliphatic carbocycles. The van der Waals surface area contributed by atoms with Crippen LogP contribution in [-0.4, -0.2) is 38.9 Å². The number of H-pyrrole nitrogens is 1. The first kappa shape index (κ1) is 24.1. The Morgan fingerprint density at radius 1 is 1.08 bits per heavy atom. The molecule has 0 spiro atoms. The van der Waals surface area contributed by atoms with E-state index in [0.29, 0.717) is 29.3 Å². The van der Waals surface area contributed by atoms with Crippen molar-refractivity contribution in [3.63, 3.8) is 0 Å². The van der Waals surface area contributed by atoms with Crippen LogP contribution >= 0.6 is 0 Å². The number of aromatic nitrogens is 3. The second kappa shape index (κ2) is 10.2. The number of hydrogen-bond donors (Lipinski definition) is 3. The minimum Gasteiger partial charge on any atom is -0.481 e. The number of nitrogens with zero attached hydrogens (tertiary/aromatic N) is 2. The van der Waals surface area contributed by atoms with Gasteiger partial charge in [-0.1, -0.05) is 36.4 Å². The summed E-state index contributed by atoms with van der Waals surface area (Å²) in [6, 6.07) is 19.9. The molecule has 6 rings (SSSR count). The molecule has 3 heterocycles. The average Bonchev–Trinajstić information content (AvgIpc) is 3.49. The number of aromatic amines is 1. The van der Waals surface area contributed by atoms with Crippen molar-refractivity contribution in [3.05, 3.63) is 77.2 Å². The van der Waals surface area contributed by atoms with Gasteiger partial charge in [0.25, 0.3) is 11.5 Å². The SMILES string of the molecule is CC(=O)O.NCCCn1cc(-c2nc3ccc(-c4ccccc4)cc3[nH]c2=O)c2cc3c(cc21)OCO3. The number of fused-ring (bicyclic) bond motifs is 3. The fraction of sp³-hybridized carbons (Fsp3) is 0.179. The fourth-order valence-electron chi connectivity index (χ4n) is 4.39. The summed E-state index contributed by atoms with van der Waals surface area (Å²) in [7, 11) is 0. The highest BCUT2D eigenvalue weighted by molar-refractivity contribution is 5.98. The maximum Gasteiger partial charge on any atom is 0.300 e. The Morgan fingerprint density at radius 3 is 2.54 bits per heavy atom. The van der Waals surface area contributed by atoms with Gasteiger partial charge in [0.05, 0.1) is 16.6 Å². The van der Waals surface area contributed by atoms with Gasteiger partial charge in [0.1, 0.15) is 5.69 Å². The molecular formula is C28H26N4O5. The lowest BCUT2D eigenvalue weighted by Crippen LogP contribution is -2.11. The van der Waals surface area contributed by atoms with Crippen molar-refractivity contribution >= 4 is 27.9 Å². The molecular weight excluding hydrogens is 472 g/mol. The largest absolute Gasteiger partial charge is 0.481 e. The molecule has 4 N–H and O–H groups in total. The highest BCUT2D eigenvalue weighted by atomic mass is 16.7. The van der Waals surface area contributed by atoms with Gasteiger partial charge in [0.15, 0.2) is 11.5 Å². The Labute approximate surface area is 212 Å². The second-order valence-corrected chi connectivity index (χ2v) is 8.63. The fourth-order valence-corrected chi connectivity index (χ4v) is 4.39. The highest BCUT2D eigenvalue weighted by Crippen LogP contribution is 2.40. The number of nitrogens with two attached hydrogens (primary N) is 1. The first-order chi connectivity index (χ1) is 17.9. The molecule has 2 aromatic heterocycles. The molecule has 0 fully saturated rings. The van der Waals surface area contributed by atoms with Crippen LogP contribution in [0.3, 0.4) is 0 Å². The molecule has 188 valence electrons. The van der Waals surface area contributed by atoms with E-state index in [0.717, 1.165) is 53.0 Å². The van der Waals surface area contributed by atoms with Crippen LogP contribution in [0.25, 0.3) is 44.3 Å². The van der Waals surface area contributed by atoms with Gasteiger partial charge in [-0.3, -0.25) is 9.59 Å². The van der Waals surface area contributed by atoms with Gasteiger partial charge in [-0.05, 0) is 42.3 Å². The van der Waals surface area contributed by atoms with E-state index < -0.39 is 5.97 Å². The van der Waals surface area contributed by atoms with Gasteiger partial charge >= 0.3 is 0 Å². The van der Waals surface area contributed by atoms with Crippen LogP contribution in [0, 0.1) is 0 Å². The number of carbonyl (C=O) groups is 1. The lowest BCUT2D eigenvalue weighted by atomic mass is 10.0. The molecule has 1 aliphatic rings. The zero-order valence-electron chi connectivity index (χ0n) is 20.2. The summed E-state index contributed by atoms with van der Waals surface area (Å²) >= 11 is 0. The van der Waals surface area contributed by atoms with Gasteiger partial charge < -0.3 is 29.9 Å². The van der Waals surface area contributed by atoms with Gasteiger partial charge in [-0.15, -0.1) is 0 Å². The van der Waals surface area contributed by atoms with E-state index in [4.69, 9.17) is 30.1 Å². The summed E-state index contributed by atoms with van der Waals surface area (Å²) in [5.74, 6) is 0.542.